The summed E-state index contributed by atoms with van der Waals surface area (Å²) in [6.07, 6.45) is 0. The van der Waals surface area contributed by atoms with Crippen LogP contribution < -0.4 is 5.73 Å². The second-order valence-corrected chi connectivity index (χ2v) is 3.71. The van der Waals surface area contributed by atoms with Gasteiger partial charge in [0.1, 0.15) is 5.82 Å². The smallest absolute Gasteiger partial charge is 0.252 e. The highest BCUT2D eigenvalue weighted by Gasteiger charge is 2.13. The number of hydrogen-bond acceptors (Lipinski definition) is 1. The van der Waals surface area contributed by atoms with Crippen molar-refractivity contribution in [1.29, 1.82) is 0 Å². The molecule has 0 saturated carbocycles. The van der Waals surface area contributed by atoms with Crippen LogP contribution >= 0.6 is 34.2 Å². The maximum atomic E-state index is 13.0. The lowest BCUT2D eigenvalue weighted by molar-refractivity contribution is 0.0995. The first-order chi connectivity index (χ1) is 5.52. The van der Waals surface area contributed by atoms with Crippen LogP contribution in [0.4, 0.5) is 4.39 Å². The zero-order valence-corrected chi connectivity index (χ0v) is 8.69. The SMILES string of the molecule is NC(=O)c1c(F)cc(Cl)cc1I. The molecular formula is C7H4ClFINO. The first-order valence-corrected chi connectivity index (χ1v) is 4.42. The summed E-state index contributed by atoms with van der Waals surface area (Å²) in [5.74, 6) is -1.46. The van der Waals surface area contributed by atoms with Crippen LogP contribution in [0.25, 0.3) is 0 Å². The van der Waals surface area contributed by atoms with E-state index in [1.165, 1.54) is 6.07 Å². The van der Waals surface area contributed by atoms with E-state index in [1.54, 1.807) is 22.6 Å². The fourth-order valence-electron chi connectivity index (χ4n) is 0.778. The van der Waals surface area contributed by atoms with Crippen LogP contribution in [0, 0.1) is 9.39 Å². The average molecular weight is 299 g/mol. The van der Waals surface area contributed by atoms with Gasteiger partial charge < -0.3 is 5.73 Å². The summed E-state index contributed by atoms with van der Waals surface area (Å²) >= 11 is 7.33. The van der Waals surface area contributed by atoms with Gasteiger partial charge in [-0.2, -0.15) is 0 Å². The number of carbonyl (C=O) groups is 1. The normalized spacial score (nSPS) is 9.92. The Morgan fingerprint density at radius 1 is 1.58 bits per heavy atom. The van der Waals surface area contributed by atoms with Crippen LogP contribution in [-0.2, 0) is 0 Å². The molecule has 1 amide bonds. The summed E-state index contributed by atoms with van der Waals surface area (Å²) in [5, 5.41) is 0.252. The van der Waals surface area contributed by atoms with Crippen molar-refractivity contribution in [3.05, 3.63) is 32.1 Å². The molecule has 0 atom stereocenters. The number of carbonyl (C=O) groups excluding carboxylic acids is 1. The fraction of sp³-hybridized carbons (Fsp3) is 0. The van der Waals surface area contributed by atoms with Crippen LogP contribution in [0.2, 0.25) is 5.02 Å². The molecular weight excluding hydrogens is 295 g/mol. The van der Waals surface area contributed by atoms with Crippen LogP contribution in [0.5, 0.6) is 0 Å². The van der Waals surface area contributed by atoms with Gasteiger partial charge in [-0.25, -0.2) is 4.39 Å². The summed E-state index contributed by atoms with van der Waals surface area (Å²) in [6, 6.07) is 2.54. The number of benzene rings is 1. The molecule has 0 unspecified atom stereocenters. The van der Waals surface area contributed by atoms with Crippen molar-refractivity contribution in [2.75, 3.05) is 0 Å². The Morgan fingerprint density at radius 2 is 2.17 bits per heavy atom. The van der Waals surface area contributed by atoms with Gasteiger partial charge in [0, 0.05) is 8.59 Å². The van der Waals surface area contributed by atoms with Gasteiger partial charge in [0.25, 0.3) is 5.91 Å². The van der Waals surface area contributed by atoms with Crippen LogP contribution in [-0.4, -0.2) is 5.91 Å². The average Bonchev–Trinajstić information content (AvgIpc) is 1.82. The van der Waals surface area contributed by atoms with E-state index in [0.29, 0.717) is 3.57 Å². The predicted molar refractivity (Wildman–Crippen MR) is 52.6 cm³/mol. The standard InChI is InChI=1S/C7H4ClFINO/c8-3-1-4(9)6(7(11)12)5(10)2-3/h1-2H,(H2,11,12). The lowest BCUT2D eigenvalue weighted by Gasteiger charge is -2.01. The maximum Gasteiger partial charge on any atom is 0.252 e. The van der Waals surface area contributed by atoms with Gasteiger partial charge in [-0.3, -0.25) is 4.79 Å². The minimum atomic E-state index is -0.784. The Hall–Kier alpha value is -0.360. The highest BCUT2D eigenvalue weighted by atomic mass is 127. The quantitative estimate of drug-likeness (QED) is 0.794. The Kier molecular flexibility index (Phi) is 2.89. The summed E-state index contributed by atoms with van der Waals surface area (Å²) in [6.45, 7) is 0. The fourth-order valence-corrected chi connectivity index (χ4v) is 2.03. The van der Waals surface area contributed by atoms with Crippen molar-refractivity contribution < 1.29 is 9.18 Å². The predicted octanol–water partition coefficient (Wildman–Crippen LogP) is 2.18. The van der Waals surface area contributed by atoms with Gasteiger partial charge in [-0.15, -0.1) is 0 Å². The number of rotatable bonds is 1. The van der Waals surface area contributed by atoms with Gasteiger partial charge in [0.2, 0.25) is 0 Å². The molecule has 2 nitrogen and oxygen atoms in total. The van der Waals surface area contributed by atoms with E-state index in [0.717, 1.165) is 6.07 Å². The number of amides is 1. The Morgan fingerprint density at radius 3 is 2.58 bits per heavy atom. The third-order valence-corrected chi connectivity index (χ3v) is 2.32. The zero-order valence-electron chi connectivity index (χ0n) is 5.77. The van der Waals surface area contributed by atoms with Crippen LogP contribution in [0.1, 0.15) is 10.4 Å². The van der Waals surface area contributed by atoms with E-state index in [4.69, 9.17) is 17.3 Å². The van der Waals surface area contributed by atoms with Gasteiger partial charge in [-0.1, -0.05) is 11.6 Å². The van der Waals surface area contributed by atoms with Gasteiger partial charge in [0.05, 0.1) is 5.56 Å². The monoisotopic (exact) mass is 299 g/mol. The first kappa shape index (κ1) is 9.73. The van der Waals surface area contributed by atoms with Crippen molar-refractivity contribution in [3.8, 4) is 0 Å². The highest BCUT2D eigenvalue weighted by Crippen LogP contribution is 2.20. The van der Waals surface area contributed by atoms with E-state index in [9.17, 15) is 9.18 Å². The van der Waals surface area contributed by atoms with Gasteiger partial charge in [0.15, 0.2) is 0 Å². The second kappa shape index (κ2) is 3.57. The van der Waals surface area contributed by atoms with Crippen molar-refractivity contribution in [1.82, 2.24) is 0 Å². The summed E-state index contributed by atoms with van der Waals surface area (Å²) in [7, 11) is 0. The Balaban J connectivity index is 3.38. The molecule has 0 spiro atoms. The number of primary amides is 1. The van der Waals surface area contributed by atoms with Gasteiger partial charge >= 0.3 is 0 Å². The topological polar surface area (TPSA) is 43.1 Å². The molecule has 0 bridgehead atoms. The molecule has 0 fully saturated rings. The third kappa shape index (κ3) is 1.87. The number of hydrogen-bond donors (Lipinski definition) is 1. The molecule has 1 aromatic carbocycles. The molecule has 5 heteroatoms. The summed E-state index contributed by atoms with van der Waals surface area (Å²) in [5.41, 5.74) is 4.83. The molecule has 0 aromatic heterocycles. The van der Waals surface area contributed by atoms with E-state index in [1.807, 2.05) is 0 Å². The molecule has 64 valence electrons. The molecule has 1 aromatic rings. The van der Waals surface area contributed by atoms with Crippen molar-refractivity contribution in [2.24, 2.45) is 5.73 Å². The second-order valence-electron chi connectivity index (χ2n) is 2.11. The van der Waals surface area contributed by atoms with E-state index < -0.39 is 11.7 Å². The molecule has 0 aliphatic carbocycles. The zero-order chi connectivity index (χ0) is 9.30. The highest BCUT2D eigenvalue weighted by molar-refractivity contribution is 14.1. The lowest BCUT2D eigenvalue weighted by atomic mass is 10.2. The first-order valence-electron chi connectivity index (χ1n) is 2.96. The third-order valence-electron chi connectivity index (χ3n) is 1.25. The minimum Gasteiger partial charge on any atom is -0.365 e. The van der Waals surface area contributed by atoms with Crippen molar-refractivity contribution in [2.45, 2.75) is 0 Å². The maximum absolute atomic E-state index is 13.0. The molecule has 0 saturated heterocycles. The number of halogens is 3. The molecule has 0 radical (unpaired) electrons. The minimum absolute atomic E-state index is 0.111. The van der Waals surface area contributed by atoms with Crippen molar-refractivity contribution >= 4 is 40.1 Å². The Bertz CT molecular complexity index is 319. The van der Waals surface area contributed by atoms with Crippen LogP contribution in [0.15, 0.2) is 12.1 Å². The van der Waals surface area contributed by atoms with Crippen molar-refractivity contribution in [3.63, 3.8) is 0 Å². The van der Waals surface area contributed by atoms with E-state index in [2.05, 4.69) is 0 Å². The van der Waals surface area contributed by atoms with E-state index >= 15 is 0 Å². The molecule has 0 aliphatic heterocycles. The molecule has 0 aliphatic rings. The van der Waals surface area contributed by atoms with Crippen LogP contribution in [0.3, 0.4) is 0 Å². The molecule has 2 N–H and O–H groups in total. The molecule has 0 heterocycles. The summed E-state index contributed by atoms with van der Waals surface area (Å²) in [4.78, 5) is 10.7. The van der Waals surface area contributed by atoms with Gasteiger partial charge in [-0.05, 0) is 34.7 Å². The largest absolute Gasteiger partial charge is 0.365 e. The van der Waals surface area contributed by atoms with E-state index in [-0.39, 0.29) is 10.6 Å². The Labute approximate surface area is 87.0 Å². The molecule has 1 rings (SSSR count). The lowest BCUT2D eigenvalue weighted by Crippen LogP contribution is -2.14. The summed E-state index contributed by atoms with van der Waals surface area (Å²) < 4.78 is 13.4. The molecule has 12 heavy (non-hydrogen) atoms. The number of nitrogens with two attached hydrogens (primary N) is 1.